The molecule has 36 heavy (non-hydrogen) atoms. The summed E-state index contributed by atoms with van der Waals surface area (Å²) in [5, 5.41) is 11.4. The number of carbonyl (C=O) groups excluding carboxylic acids is 1. The summed E-state index contributed by atoms with van der Waals surface area (Å²) in [6.45, 7) is 2.84. The molecule has 0 aliphatic carbocycles. The van der Waals surface area contributed by atoms with Gasteiger partial charge < -0.3 is 16.2 Å². The van der Waals surface area contributed by atoms with Crippen molar-refractivity contribution in [2.45, 2.75) is 25.6 Å². The minimum atomic E-state index is -4.89. The SMILES string of the molecule is CC(C)(N)CS(=O)(=O)Nc1cc(NC(=O)n2cc(C(=O)O)c(=O)c3ccccc32)cc(C(F)(F)F)c1. The van der Waals surface area contributed by atoms with Crippen molar-refractivity contribution in [3.63, 3.8) is 0 Å². The molecule has 3 aromatic rings. The van der Waals surface area contributed by atoms with E-state index in [0.29, 0.717) is 12.1 Å². The maximum absolute atomic E-state index is 13.5. The molecular weight excluding hydrogens is 505 g/mol. The maximum Gasteiger partial charge on any atom is 0.416 e. The number of aromatic nitrogens is 1. The van der Waals surface area contributed by atoms with Crippen LogP contribution in [0.15, 0.2) is 53.5 Å². The Balaban J connectivity index is 2.07. The van der Waals surface area contributed by atoms with Crippen LogP contribution in [0.5, 0.6) is 0 Å². The number of amides is 1. The summed E-state index contributed by atoms with van der Waals surface area (Å²) in [6, 6.07) is 6.56. The molecule has 14 heteroatoms. The van der Waals surface area contributed by atoms with E-state index in [1.165, 1.54) is 38.1 Å². The highest BCUT2D eigenvalue weighted by atomic mass is 32.2. The minimum Gasteiger partial charge on any atom is -0.477 e. The normalized spacial score (nSPS) is 12.4. The third kappa shape index (κ3) is 6.20. The molecule has 0 saturated carbocycles. The van der Waals surface area contributed by atoms with Crippen LogP contribution in [0.1, 0.15) is 29.8 Å². The molecule has 0 bridgehead atoms. The Morgan fingerprint density at radius 1 is 1.08 bits per heavy atom. The fraction of sp³-hybridized carbons (Fsp3) is 0.227. The van der Waals surface area contributed by atoms with Gasteiger partial charge in [0.25, 0.3) is 0 Å². The lowest BCUT2D eigenvalue weighted by Crippen LogP contribution is -2.41. The molecule has 0 unspecified atom stereocenters. The number of hydrogen-bond donors (Lipinski definition) is 4. The van der Waals surface area contributed by atoms with Crippen LogP contribution in [0.3, 0.4) is 0 Å². The van der Waals surface area contributed by atoms with Crippen LogP contribution >= 0.6 is 0 Å². The molecule has 10 nitrogen and oxygen atoms in total. The lowest BCUT2D eigenvalue weighted by Gasteiger charge is -2.20. The molecule has 192 valence electrons. The molecule has 1 heterocycles. The van der Waals surface area contributed by atoms with Crippen molar-refractivity contribution in [3.8, 4) is 0 Å². The molecule has 0 aliphatic rings. The van der Waals surface area contributed by atoms with Gasteiger partial charge in [0.15, 0.2) is 0 Å². The zero-order valence-electron chi connectivity index (χ0n) is 18.9. The predicted octanol–water partition coefficient (Wildman–Crippen LogP) is 3.28. The monoisotopic (exact) mass is 526 g/mol. The van der Waals surface area contributed by atoms with E-state index in [1.807, 2.05) is 4.72 Å². The third-order valence-corrected chi connectivity index (χ3v) is 6.38. The Kier molecular flexibility index (Phi) is 6.88. The van der Waals surface area contributed by atoms with Crippen molar-refractivity contribution in [1.29, 1.82) is 0 Å². The fourth-order valence-electron chi connectivity index (χ4n) is 3.41. The highest BCUT2D eigenvalue weighted by molar-refractivity contribution is 7.92. The number of halogens is 3. The van der Waals surface area contributed by atoms with Crippen LogP contribution in [-0.4, -0.2) is 41.4 Å². The van der Waals surface area contributed by atoms with Gasteiger partial charge in [-0.15, -0.1) is 0 Å². The number of nitrogens with zero attached hydrogens (tertiary/aromatic N) is 1. The molecule has 0 spiro atoms. The van der Waals surface area contributed by atoms with E-state index in [0.717, 1.165) is 16.8 Å². The molecule has 5 N–H and O–H groups in total. The van der Waals surface area contributed by atoms with Gasteiger partial charge in [0.2, 0.25) is 15.5 Å². The first kappa shape index (κ1) is 26.7. The van der Waals surface area contributed by atoms with Crippen LogP contribution in [0.2, 0.25) is 0 Å². The minimum absolute atomic E-state index is 0.00285. The van der Waals surface area contributed by atoms with E-state index in [2.05, 4.69) is 5.32 Å². The molecule has 0 radical (unpaired) electrons. The Morgan fingerprint density at radius 3 is 2.28 bits per heavy atom. The van der Waals surface area contributed by atoms with Crippen LogP contribution in [-0.2, 0) is 16.2 Å². The van der Waals surface area contributed by atoms with Gasteiger partial charge in [0.1, 0.15) is 5.56 Å². The lowest BCUT2D eigenvalue weighted by molar-refractivity contribution is -0.137. The van der Waals surface area contributed by atoms with E-state index in [-0.39, 0.29) is 10.9 Å². The van der Waals surface area contributed by atoms with Crippen molar-refractivity contribution in [2.75, 3.05) is 15.8 Å². The van der Waals surface area contributed by atoms with E-state index in [1.54, 1.807) is 0 Å². The van der Waals surface area contributed by atoms with Gasteiger partial charge in [-0.1, -0.05) is 12.1 Å². The number of nitrogens with two attached hydrogens (primary N) is 1. The van der Waals surface area contributed by atoms with Crippen molar-refractivity contribution < 1.29 is 36.3 Å². The number of pyridine rings is 1. The number of nitrogens with one attached hydrogen (secondary N) is 2. The number of benzene rings is 2. The summed E-state index contributed by atoms with van der Waals surface area (Å²) in [5.74, 6) is -2.20. The van der Waals surface area contributed by atoms with Crippen molar-refractivity contribution >= 4 is 44.3 Å². The number of alkyl halides is 3. The van der Waals surface area contributed by atoms with Crippen molar-refractivity contribution in [2.24, 2.45) is 5.73 Å². The lowest BCUT2D eigenvalue weighted by atomic mass is 10.1. The third-order valence-electron chi connectivity index (χ3n) is 4.71. The number of aromatic carboxylic acids is 1. The smallest absolute Gasteiger partial charge is 0.416 e. The number of carboxylic acids is 1. The van der Waals surface area contributed by atoms with E-state index in [9.17, 15) is 41.1 Å². The largest absolute Gasteiger partial charge is 0.477 e. The molecular formula is C22H21F3N4O6S. The second-order valence-electron chi connectivity index (χ2n) is 8.64. The van der Waals surface area contributed by atoms with Gasteiger partial charge in [-0.05, 0) is 44.2 Å². The summed E-state index contributed by atoms with van der Waals surface area (Å²) < 4.78 is 68.0. The van der Waals surface area contributed by atoms with Gasteiger partial charge in [0, 0.05) is 22.8 Å². The van der Waals surface area contributed by atoms with Gasteiger partial charge in [-0.2, -0.15) is 13.2 Å². The first-order valence-corrected chi connectivity index (χ1v) is 11.8. The summed E-state index contributed by atoms with van der Waals surface area (Å²) in [5.41, 5.74) is 0.750. The van der Waals surface area contributed by atoms with Crippen molar-refractivity contribution in [3.05, 3.63) is 70.0 Å². The van der Waals surface area contributed by atoms with Crippen LogP contribution in [0.4, 0.5) is 29.3 Å². The standard InChI is InChI=1S/C22H21F3N4O6S/c1-21(2,26)11-36(34,35)28-14-8-12(22(23,24)25)7-13(9-14)27-20(33)29-10-16(19(31)32)18(30)15-5-3-4-6-17(15)29/h3-10,28H,11,26H2,1-2H3,(H,27,33)(H,31,32). The number of anilines is 2. The predicted molar refractivity (Wildman–Crippen MR) is 127 cm³/mol. The zero-order chi connectivity index (χ0) is 27.1. The van der Waals surface area contributed by atoms with Gasteiger partial charge in [-0.3, -0.25) is 14.1 Å². The number of carboxylic acid groups (broad SMARTS) is 1. The van der Waals surface area contributed by atoms with Crippen LogP contribution in [0.25, 0.3) is 10.9 Å². The molecule has 0 atom stereocenters. The van der Waals surface area contributed by atoms with Gasteiger partial charge in [0.05, 0.1) is 22.5 Å². The maximum atomic E-state index is 13.5. The molecule has 0 aliphatic heterocycles. The Hall–Kier alpha value is -3.91. The quantitative estimate of drug-likeness (QED) is 0.383. The topological polar surface area (TPSA) is 161 Å². The number of carbonyl (C=O) groups is 2. The second-order valence-corrected chi connectivity index (χ2v) is 10.4. The average molecular weight is 526 g/mol. The number of sulfonamides is 1. The molecule has 1 aromatic heterocycles. The summed E-state index contributed by atoms with van der Waals surface area (Å²) >= 11 is 0. The van der Waals surface area contributed by atoms with Crippen molar-refractivity contribution in [1.82, 2.24) is 4.57 Å². The Labute approximate surface area is 202 Å². The van der Waals surface area contributed by atoms with E-state index < -0.39 is 67.4 Å². The Bertz CT molecular complexity index is 1530. The number of hydrogen-bond acceptors (Lipinski definition) is 6. The zero-order valence-corrected chi connectivity index (χ0v) is 19.7. The average Bonchev–Trinajstić information content (AvgIpc) is 2.70. The van der Waals surface area contributed by atoms with E-state index in [4.69, 9.17) is 5.73 Å². The summed E-state index contributed by atoms with van der Waals surface area (Å²) in [7, 11) is -4.16. The second kappa shape index (κ2) is 9.28. The van der Waals surface area contributed by atoms with E-state index >= 15 is 0 Å². The molecule has 3 rings (SSSR count). The summed E-state index contributed by atoms with van der Waals surface area (Å²) in [6.07, 6.45) is -4.14. The summed E-state index contributed by atoms with van der Waals surface area (Å²) in [4.78, 5) is 36.9. The first-order valence-electron chi connectivity index (χ1n) is 10.2. The molecule has 0 fully saturated rings. The van der Waals surface area contributed by atoms with Gasteiger partial charge >= 0.3 is 18.2 Å². The number of para-hydroxylation sites is 1. The fourth-order valence-corrected chi connectivity index (χ4v) is 4.94. The molecule has 0 saturated heterocycles. The van der Waals surface area contributed by atoms with Crippen LogP contribution < -0.4 is 21.2 Å². The number of fused-ring (bicyclic) bond motifs is 1. The highest BCUT2D eigenvalue weighted by Crippen LogP contribution is 2.34. The number of rotatable bonds is 6. The first-order chi connectivity index (χ1) is 16.5. The van der Waals surface area contributed by atoms with Crippen LogP contribution in [0, 0.1) is 0 Å². The molecule has 2 aromatic carbocycles. The molecule has 1 amide bonds. The Morgan fingerprint density at radius 2 is 1.69 bits per heavy atom. The highest BCUT2D eigenvalue weighted by Gasteiger charge is 2.32. The van der Waals surface area contributed by atoms with Gasteiger partial charge in [-0.25, -0.2) is 18.0 Å².